The highest BCUT2D eigenvalue weighted by Gasteiger charge is 2.35. The Hall–Kier alpha value is -3.63. The number of hydrogen-bond acceptors (Lipinski definition) is 7. The molecule has 3 aromatic rings. The summed E-state index contributed by atoms with van der Waals surface area (Å²) in [5.74, 6) is -0.632. The molecule has 0 aromatic carbocycles. The lowest BCUT2D eigenvalue weighted by Gasteiger charge is -2.09. The molecule has 0 radical (unpaired) electrons. The van der Waals surface area contributed by atoms with E-state index in [1.165, 1.54) is 38.2 Å². The average molecular weight is 416 g/mol. The van der Waals surface area contributed by atoms with Crippen molar-refractivity contribution in [2.45, 2.75) is 24.9 Å². The summed E-state index contributed by atoms with van der Waals surface area (Å²) >= 11 is 0. The molecule has 3 aromatic heterocycles. The van der Waals surface area contributed by atoms with E-state index >= 15 is 0 Å². The summed E-state index contributed by atoms with van der Waals surface area (Å²) in [4.78, 5) is 24.7. The molecule has 1 aliphatic carbocycles. The molecule has 11 heteroatoms. The van der Waals surface area contributed by atoms with Gasteiger partial charge < -0.3 is 4.74 Å². The van der Waals surface area contributed by atoms with Crippen molar-refractivity contribution in [1.82, 2.24) is 29.9 Å². The predicted octanol–water partition coefficient (Wildman–Crippen LogP) is 3.20. The minimum Gasteiger partial charge on any atom is -0.465 e. The molecule has 8 nitrogen and oxygen atoms in total. The van der Waals surface area contributed by atoms with Gasteiger partial charge >= 0.3 is 12.1 Å². The van der Waals surface area contributed by atoms with Crippen LogP contribution in [0.5, 0.6) is 0 Å². The first-order chi connectivity index (χ1) is 14.3. The summed E-state index contributed by atoms with van der Waals surface area (Å²) in [5, 5.41) is 8.23. The number of halogens is 3. The van der Waals surface area contributed by atoms with Crippen molar-refractivity contribution < 1.29 is 22.7 Å². The molecule has 154 valence electrons. The van der Waals surface area contributed by atoms with Gasteiger partial charge in [0.2, 0.25) is 0 Å². The number of ether oxygens (including phenoxy) is 1. The van der Waals surface area contributed by atoms with Crippen molar-refractivity contribution in [2.24, 2.45) is 0 Å². The third kappa shape index (κ3) is 4.19. The number of aromatic nitrogens is 6. The van der Waals surface area contributed by atoms with Crippen molar-refractivity contribution in [3.05, 3.63) is 54.0 Å². The van der Waals surface area contributed by atoms with Crippen molar-refractivity contribution in [2.75, 3.05) is 7.11 Å². The molecule has 4 rings (SSSR count). The monoisotopic (exact) mass is 416 g/mol. The van der Waals surface area contributed by atoms with E-state index in [9.17, 15) is 18.0 Å². The Morgan fingerprint density at radius 3 is 2.57 bits per heavy atom. The quantitative estimate of drug-likeness (QED) is 0.466. The van der Waals surface area contributed by atoms with E-state index in [0.29, 0.717) is 11.3 Å². The SMILES string of the molecule is COC(=O)/C(=C/n1ncc(-c2cc(C3CC3)nc(C(F)(F)F)c2)n1)c1cncnc1. The van der Waals surface area contributed by atoms with Crippen LogP contribution in [0.3, 0.4) is 0 Å². The molecule has 3 heterocycles. The van der Waals surface area contributed by atoms with Gasteiger partial charge in [0.25, 0.3) is 0 Å². The van der Waals surface area contributed by atoms with Crippen molar-refractivity contribution in [3.63, 3.8) is 0 Å². The lowest BCUT2D eigenvalue weighted by molar-refractivity contribution is -0.141. The van der Waals surface area contributed by atoms with Gasteiger partial charge in [-0.3, -0.25) is 0 Å². The first-order valence-electron chi connectivity index (χ1n) is 8.92. The zero-order valence-electron chi connectivity index (χ0n) is 15.7. The Labute approximate surface area is 168 Å². The number of pyridine rings is 1. The van der Waals surface area contributed by atoms with Gasteiger partial charge in [-0.15, -0.1) is 5.10 Å². The molecule has 1 aliphatic rings. The summed E-state index contributed by atoms with van der Waals surface area (Å²) in [6.45, 7) is 0. The van der Waals surface area contributed by atoms with Crippen molar-refractivity contribution >= 4 is 17.7 Å². The van der Waals surface area contributed by atoms with Gasteiger partial charge in [-0.25, -0.2) is 19.7 Å². The van der Waals surface area contributed by atoms with Gasteiger partial charge in [0, 0.05) is 35.1 Å². The molecule has 1 fully saturated rings. The van der Waals surface area contributed by atoms with Gasteiger partial charge in [-0.2, -0.15) is 23.1 Å². The summed E-state index contributed by atoms with van der Waals surface area (Å²) < 4.78 is 44.6. The molecular formula is C19H15F3N6O2. The third-order valence-corrected chi connectivity index (χ3v) is 4.46. The van der Waals surface area contributed by atoms with Crippen LogP contribution in [0.25, 0.3) is 23.0 Å². The second-order valence-electron chi connectivity index (χ2n) is 6.65. The fourth-order valence-electron chi connectivity index (χ4n) is 2.81. The van der Waals surface area contributed by atoms with E-state index in [1.807, 2.05) is 0 Å². The van der Waals surface area contributed by atoms with E-state index in [0.717, 1.165) is 23.7 Å². The Bertz CT molecular complexity index is 1110. The third-order valence-electron chi connectivity index (χ3n) is 4.46. The van der Waals surface area contributed by atoms with E-state index in [1.54, 1.807) is 6.07 Å². The standard InChI is InChI=1S/C19H15F3N6O2/c1-30-18(29)14(13-6-23-10-24-7-13)9-28-25-8-16(27-28)12-4-15(11-2-3-11)26-17(5-12)19(20,21)22/h4-11H,2-3H2,1H3/b14-9+. The maximum Gasteiger partial charge on any atom is 0.433 e. The molecule has 0 aliphatic heterocycles. The first kappa shape index (κ1) is 19.7. The number of esters is 1. The number of nitrogens with zero attached hydrogens (tertiary/aromatic N) is 6. The molecule has 30 heavy (non-hydrogen) atoms. The normalized spacial score (nSPS) is 14.6. The van der Waals surface area contributed by atoms with Crippen LogP contribution in [0, 0.1) is 0 Å². The minimum absolute atomic E-state index is 0.0324. The van der Waals surface area contributed by atoms with Gasteiger partial charge in [-0.05, 0) is 25.0 Å². The Kier molecular flexibility index (Phi) is 5.02. The Balaban J connectivity index is 1.72. The predicted molar refractivity (Wildman–Crippen MR) is 98.4 cm³/mol. The lowest BCUT2D eigenvalue weighted by Crippen LogP contribution is -2.10. The number of carbonyl (C=O) groups is 1. The largest absolute Gasteiger partial charge is 0.465 e. The van der Waals surface area contributed by atoms with Crippen LogP contribution in [0.1, 0.15) is 35.7 Å². The number of alkyl halides is 3. The van der Waals surface area contributed by atoms with Crippen LogP contribution in [0.15, 0.2) is 37.1 Å². The maximum atomic E-state index is 13.3. The van der Waals surface area contributed by atoms with Crippen LogP contribution in [0.4, 0.5) is 13.2 Å². The van der Waals surface area contributed by atoms with Crippen LogP contribution < -0.4 is 0 Å². The Morgan fingerprint density at radius 2 is 1.93 bits per heavy atom. The van der Waals surface area contributed by atoms with Gasteiger partial charge in [0.1, 0.15) is 17.7 Å². The van der Waals surface area contributed by atoms with Gasteiger partial charge in [-0.1, -0.05) is 0 Å². The van der Waals surface area contributed by atoms with Gasteiger partial charge in [0.15, 0.2) is 0 Å². The average Bonchev–Trinajstić information content (AvgIpc) is 3.49. The smallest absolute Gasteiger partial charge is 0.433 e. The molecule has 0 bridgehead atoms. The highest BCUT2D eigenvalue weighted by molar-refractivity contribution is 6.19. The van der Waals surface area contributed by atoms with E-state index in [-0.39, 0.29) is 22.7 Å². The van der Waals surface area contributed by atoms with Crippen LogP contribution >= 0.6 is 0 Å². The van der Waals surface area contributed by atoms with Gasteiger partial charge in [0.05, 0.1) is 25.1 Å². The summed E-state index contributed by atoms with van der Waals surface area (Å²) in [6.07, 6.45) is 3.81. The fourth-order valence-corrected chi connectivity index (χ4v) is 2.81. The topological polar surface area (TPSA) is 95.7 Å². The second-order valence-corrected chi connectivity index (χ2v) is 6.65. The number of rotatable bonds is 5. The number of methoxy groups -OCH3 is 1. The van der Waals surface area contributed by atoms with Crippen LogP contribution in [-0.4, -0.2) is 43.0 Å². The highest BCUT2D eigenvalue weighted by atomic mass is 19.4. The fraction of sp³-hybridized carbons (Fsp3) is 0.263. The minimum atomic E-state index is -4.57. The first-order valence-corrected chi connectivity index (χ1v) is 8.92. The zero-order valence-corrected chi connectivity index (χ0v) is 15.7. The molecule has 0 unspecified atom stereocenters. The molecule has 0 amide bonds. The summed E-state index contributed by atoms with van der Waals surface area (Å²) in [6, 6.07) is 2.54. The van der Waals surface area contributed by atoms with Crippen molar-refractivity contribution in [1.29, 1.82) is 0 Å². The maximum absolute atomic E-state index is 13.3. The molecular weight excluding hydrogens is 401 g/mol. The second kappa shape index (κ2) is 7.65. The van der Waals surface area contributed by atoms with E-state index in [4.69, 9.17) is 4.74 Å². The molecule has 0 spiro atoms. The van der Waals surface area contributed by atoms with E-state index in [2.05, 4.69) is 25.1 Å². The van der Waals surface area contributed by atoms with E-state index < -0.39 is 17.8 Å². The lowest BCUT2D eigenvalue weighted by atomic mass is 10.1. The number of hydrogen-bond donors (Lipinski definition) is 0. The van der Waals surface area contributed by atoms with Crippen LogP contribution in [-0.2, 0) is 15.7 Å². The summed E-state index contributed by atoms with van der Waals surface area (Å²) in [5.41, 5.74) is 0.355. The molecule has 0 saturated heterocycles. The van der Waals surface area contributed by atoms with Crippen LogP contribution in [0.2, 0.25) is 0 Å². The Morgan fingerprint density at radius 1 is 1.20 bits per heavy atom. The summed E-state index contributed by atoms with van der Waals surface area (Å²) in [7, 11) is 1.22. The zero-order chi connectivity index (χ0) is 21.3. The molecule has 0 N–H and O–H groups in total. The molecule has 1 saturated carbocycles. The highest BCUT2D eigenvalue weighted by Crippen LogP contribution is 2.41. The molecule has 0 atom stereocenters. The number of carbonyl (C=O) groups excluding carboxylic acids is 1. The van der Waals surface area contributed by atoms with Crippen molar-refractivity contribution in [3.8, 4) is 11.3 Å².